The first-order valence-corrected chi connectivity index (χ1v) is 12.0. The van der Waals surface area contributed by atoms with E-state index in [0.717, 1.165) is 22.4 Å². The first kappa shape index (κ1) is 21.1. The Morgan fingerprint density at radius 1 is 1.00 bits per heavy atom. The number of hydrogen-bond donors (Lipinski definition) is 0. The molecule has 3 aromatic carbocycles. The lowest BCUT2D eigenvalue weighted by Gasteiger charge is -2.26. The van der Waals surface area contributed by atoms with Crippen LogP contribution in [0.2, 0.25) is 10.0 Å². The van der Waals surface area contributed by atoms with Crippen LogP contribution in [0, 0.1) is 0 Å². The molecule has 0 spiro atoms. The molecule has 1 unspecified atom stereocenters. The van der Waals surface area contributed by atoms with E-state index in [1.807, 2.05) is 60.7 Å². The number of rotatable bonds is 3. The highest BCUT2D eigenvalue weighted by atomic mass is 35.5. The van der Waals surface area contributed by atoms with Crippen molar-refractivity contribution < 1.29 is 4.74 Å². The third kappa shape index (κ3) is 3.70. The second-order valence-corrected chi connectivity index (χ2v) is 9.61. The summed E-state index contributed by atoms with van der Waals surface area (Å²) in [5, 5.41) is 5.36. The Kier molecular flexibility index (Phi) is 5.21. The molecule has 0 amide bonds. The van der Waals surface area contributed by atoms with E-state index in [2.05, 4.69) is 16.2 Å². The highest BCUT2D eigenvalue weighted by molar-refractivity contribution is 7.15. The molecular formula is C26H15Cl2N3O2S. The molecule has 8 heteroatoms. The molecule has 0 N–H and O–H groups in total. The Labute approximate surface area is 208 Å². The minimum atomic E-state index is -0.332. The van der Waals surface area contributed by atoms with Gasteiger partial charge in [0.25, 0.3) is 5.56 Å². The average molecular weight is 504 g/mol. The Bertz CT molecular complexity index is 1690. The molecule has 0 radical (unpaired) electrons. The number of hydrogen-bond acceptors (Lipinski definition) is 5. The smallest absolute Gasteiger partial charge is 0.291 e. The first-order chi connectivity index (χ1) is 16.6. The second-order valence-electron chi connectivity index (χ2n) is 7.76. The summed E-state index contributed by atoms with van der Waals surface area (Å²) < 4.78 is 8.18. The van der Waals surface area contributed by atoms with Crippen molar-refractivity contribution in [3.8, 4) is 17.1 Å². The summed E-state index contributed by atoms with van der Waals surface area (Å²) in [6, 6.07) is 22.9. The molecule has 34 heavy (non-hydrogen) atoms. The molecule has 0 saturated heterocycles. The lowest BCUT2D eigenvalue weighted by atomic mass is 9.96. The first-order valence-electron chi connectivity index (χ1n) is 10.5. The molecule has 1 aliphatic rings. The normalized spacial score (nSPS) is 15.8. The maximum absolute atomic E-state index is 13.2. The van der Waals surface area contributed by atoms with Gasteiger partial charge < -0.3 is 4.74 Å². The average Bonchev–Trinajstić information content (AvgIpc) is 3.38. The molecule has 0 fully saturated rings. The third-order valence-corrected chi connectivity index (χ3v) is 7.05. The Morgan fingerprint density at radius 2 is 1.79 bits per heavy atom. The Hall–Kier alpha value is -3.45. The van der Waals surface area contributed by atoms with Gasteiger partial charge in [0, 0.05) is 16.1 Å². The number of para-hydroxylation sites is 1. The maximum Gasteiger partial charge on any atom is 0.291 e. The van der Waals surface area contributed by atoms with Crippen LogP contribution in [0.1, 0.15) is 17.2 Å². The number of aromatic nitrogens is 3. The molecule has 2 aromatic heterocycles. The van der Waals surface area contributed by atoms with Gasteiger partial charge in [0.2, 0.25) is 4.96 Å². The SMILES string of the molecule is O=c1/c(=C\C2=Cc3ccccc3OC2c2ccccc2)sc2nc(-c3ccc(Cl)cc3Cl)nn12. The van der Waals surface area contributed by atoms with E-state index in [-0.39, 0.29) is 11.7 Å². The van der Waals surface area contributed by atoms with Crippen LogP contribution in [-0.2, 0) is 0 Å². The van der Waals surface area contributed by atoms with Crippen LogP contribution in [0.5, 0.6) is 5.75 Å². The van der Waals surface area contributed by atoms with Crippen molar-refractivity contribution in [3.05, 3.63) is 114 Å². The lowest BCUT2D eigenvalue weighted by Crippen LogP contribution is -2.25. The van der Waals surface area contributed by atoms with Gasteiger partial charge in [-0.15, -0.1) is 5.10 Å². The summed E-state index contributed by atoms with van der Waals surface area (Å²) in [4.78, 5) is 18.2. The van der Waals surface area contributed by atoms with Gasteiger partial charge in [-0.3, -0.25) is 4.79 Å². The summed E-state index contributed by atoms with van der Waals surface area (Å²) in [6.45, 7) is 0. The fourth-order valence-corrected chi connectivity index (χ4v) is 5.33. The van der Waals surface area contributed by atoms with E-state index < -0.39 is 0 Å². The summed E-state index contributed by atoms with van der Waals surface area (Å²) in [6.07, 6.45) is 3.60. The van der Waals surface area contributed by atoms with Crippen LogP contribution in [0.15, 0.2) is 83.2 Å². The zero-order valence-electron chi connectivity index (χ0n) is 17.5. The molecule has 1 atom stereocenters. The van der Waals surface area contributed by atoms with Crippen LogP contribution in [0.25, 0.3) is 28.5 Å². The molecule has 1 aliphatic heterocycles. The van der Waals surface area contributed by atoms with Crippen molar-refractivity contribution >= 4 is 51.7 Å². The molecule has 6 rings (SSSR count). The monoisotopic (exact) mass is 503 g/mol. The van der Waals surface area contributed by atoms with Gasteiger partial charge in [-0.25, -0.2) is 0 Å². The number of benzene rings is 3. The van der Waals surface area contributed by atoms with Crippen molar-refractivity contribution in [2.45, 2.75) is 6.10 Å². The van der Waals surface area contributed by atoms with Crippen LogP contribution >= 0.6 is 34.5 Å². The molecule has 166 valence electrons. The fourth-order valence-electron chi connectivity index (χ4n) is 3.93. The Morgan fingerprint density at radius 3 is 2.59 bits per heavy atom. The quantitative estimate of drug-likeness (QED) is 0.310. The van der Waals surface area contributed by atoms with E-state index in [9.17, 15) is 4.79 Å². The lowest BCUT2D eigenvalue weighted by molar-refractivity contribution is 0.244. The van der Waals surface area contributed by atoms with Crippen molar-refractivity contribution in [3.63, 3.8) is 0 Å². The largest absolute Gasteiger partial charge is 0.480 e. The van der Waals surface area contributed by atoms with Crippen LogP contribution in [-0.4, -0.2) is 14.6 Å². The molecule has 5 aromatic rings. The number of thiazole rings is 1. The van der Waals surface area contributed by atoms with Gasteiger partial charge in [0.05, 0.1) is 9.55 Å². The maximum atomic E-state index is 13.2. The van der Waals surface area contributed by atoms with Gasteiger partial charge in [-0.2, -0.15) is 9.50 Å². The molecule has 0 bridgehead atoms. The van der Waals surface area contributed by atoms with Gasteiger partial charge in [-0.05, 0) is 47.6 Å². The second kappa shape index (κ2) is 8.40. The molecule has 0 aliphatic carbocycles. The zero-order valence-corrected chi connectivity index (χ0v) is 19.8. The van der Waals surface area contributed by atoms with E-state index in [0.29, 0.717) is 30.9 Å². The summed E-state index contributed by atoms with van der Waals surface area (Å²) in [7, 11) is 0. The van der Waals surface area contributed by atoms with Gasteiger partial charge >= 0.3 is 0 Å². The van der Waals surface area contributed by atoms with Crippen LogP contribution < -0.4 is 14.8 Å². The van der Waals surface area contributed by atoms with Gasteiger partial charge in [-0.1, -0.05) is 83.1 Å². The zero-order chi connectivity index (χ0) is 23.2. The molecule has 0 saturated carbocycles. The summed E-state index contributed by atoms with van der Waals surface area (Å²) >= 11 is 13.6. The van der Waals surface area contributed by atoms with Crippen molar-refractivity contribution in [1.82, 2.24) is 14.6 Å². The van der Waals surface area contributed by atoms with Crippen LogP contribution in [0.4, 0.5) is 0 Å². The summed E-state index contributed by atoms with van der Waals surface area (Å²) in [5.41, 5.74) is 3.23. The summed E-state index contributed by atoms with van der Waals surface area (Å²) in [5.74, 6) is 1.19. The van der Waals surface area contributed by atoms with Crippen molar-refractivity contribution in [2.75, 3.05) is 0 Å². The van der Waals surface area contributed by atoms with Crippen molar-refractivity contribution in [2.24, 2.45) is 0 Å². The van der Waals surface area contributed by atoms with E-state index in [1.165, 1.54) is 15.9 Å². The van der Waals surface area contributed by atoms with E-state index in [1.54, 1.807) is 18.2 Å². The number of ether oxygens (including phenoxy) is 1. The van der Waals surface area contributed by atoms with Gasteiger partial charge in [0.15, 0.2) is 5.82 Å². The highest BCUT2D eigenvalue weighted by Crippen LogP contribution is 2.38. The standard InChI is InChI=1S/C26H15Cl2N3O2S/c27-18-10-11-19(20(28)14-18)24-29-26-31(30-24)25(32)22(34-26)13-17-12-16-8-4-5-9-21(16)33-23(17)15-6-2-1-3-7-15/h1-14,23H/b22-13+. The molecule has 5 nitrogen and oxygen atoms in total. The van der Waals surface area contributed by atoms with Crippen LogP contribution in [0.3, 0.4) is 0 Å². The minimum absolute atomic E-state index is 0.240. The predicted octanol–water partition coefficient (Wildman–Crippen LogP) is 5.84. The Balaban J connectivity index is 1.47. The number of nitrogens with zero attached hydrogens (tertiary/aromatic N) is 3. The fraction of sp³-hybridized carbons (Fsp3) is 0.0385. The molecule has 3 heterocycles. The van der Waals surface area contributed by atoms with E-state index in [4.69, 9.17) is 27.9 Å². The number of halogens is 2. The van der Waals surface area contributed by atoms with Crippen molar-refractivity contribution in [1.29, 1.82) is 0 Å². The number of fused-ring (bicyclic) bond motifs is 2. The topological polar surface area (TPSA) is 56.5 Å². The molecular weight excluding hydrogens is 489 g/mol. The van der Waals surface area contributed by atoms with E-state index >= 15 is 0 Å². The highest BCUT2D eigenvalue weighted by Gasteiger charge is 2.24. The van der Waals surface area contributed by atoms with Gasteiger partial charge in [0.1, 0.15) is 11.9 Å². The minimum Gasteiger partial charge on any atom is -0.480 e. The third-order valence-electron chi connectivity index (χ3n) is 5.54. The predicted molar refractivity (Wildman–Crippen MR) is 137 cm³/mol.